The van der Waals surface area contributed by atoms with Crippen molar-refractivity contribution in [3.05, 3.63) is 28.8 Å². The van der Waals surface area contributed by atoms with Crippen LogP contribution in [0.25, 0.3) is 0 Å². The molecule has 36 heavy (non-hydrogen) atoms. The Bertz CT molecular complexity index is 760. The second-order valence-corrected chi connectivity index (χ2v) is 14.8. The maximum absolute atomic E-state index is 14.3. The molecular weight excluding hydrogens is 467 g/mol. The largest absolute Gasteiger partial charge is 0.507 e. The van der Waals surface area contributed by atoms with Gasteiger partial charge in [-0.15, -0.1) is 0 Å². The Morgan fingerprint density at radius 2 is 1.17 bits per heavy atom. The molecule has 0 aliphatic rings. The highest BCUT2D eigenvalue weighted by Crippen LogP contribution is 2.54. The van der Waals surface area contributed by atoms with Crippen LogP contribution in [-0.2, 0) is 30.6 Å². The van der Waals surface area contributed by atoms with Crippen LogP contribution in [0.4, 0.5) is 0 Å². The number of benzene rings is 1. The summed E-state index contributed by atoms with van der Waals surface area (Å²) >= 11 is 0. The van der Waals surface area contributed by atoms with Crippen molar-refractivity contribution in [2.45, 2.75) is 138 Å². The van der Waals surface area contributed by atoms with E-state index >= 15 is 0 Å². The molecule has 0 saturated carbocycles. The van der Waals surface area contributed by atoms with Crippen LogP contribution in [0.1, 0.15) is 137 Å². The minimum atomic E-state index is -3.38. The summed E-state index contributed by atoms with van der Waals surface area (Å²) in [6.07, 6.45) is 9.04. The van der Waals surface area contributed by atoms with E-state index in [1.165, 1.54) is 0 Å². The molecule has 1 aromatic carbocycles. The molecule has 0 saturated heterocycles. The number of phenolic OH excluding ortho intramolecular Hbond substituents is 1. The summed E-state index contributed by atoms with van der Waals surface area (Å²) in [5.74, 6) is 1.12. The molecule has 2 unspecified atom stereocenters. The predicted molar refractivity (Wildman–Crippen MR) is 155 cm³/mol. The molecule has 0 heterocycles. The van der Waals surface area contributed by atoms with Crippen molar-refractivity contribution in [2.75, 3.05) is 13.2 Å². The van der Waals surface area contributed by atoms with Gasteiger partial charge in [-0.2, -0.15) is 0 Å². The van der Waals surface area contributed by atoms with E-state index in [0.717, 1.165) is 68.1 Å². The van der Waals surface area contributed by atoms with Crippen LogP contribution in [0.2, 0.25) is 0 Å². The van der Waals surface area contributed by atoms with Gasteiger partial charge >= 0.3 is 7.60 Å². The van der Waals surface area contributed by atoms with Gasteiger partial charge in [0.15, 0.2) is 0 Å². The standard InChI is InChI=1S/C31H57O4P/c1-11-15-17-24(13-3)21-34-36(33,35-22-25(14-4)18-16-12-2)23-26-19-27(30(5,6)7)29(32)28(20-26)31(8,9)10/h19-20,24-25,32H,11-18,21-23H2,1-10H3. The monoisotopic (exact) mass is 524 g/mol. The van der Waals surface area contributed by atoms with Gasteiger partial charge in [0.05, 0.1) is 19.4 Å². The van der Waals surface area contributed by atoms with E-state index in [1.807, 2.05) is 12.1 Å². The Hall–Kier alpha value is -0.830. The Morgan fingerprint density at radius 3 is 1.47 bits per heavy atom. The SMILES string of the molecule is CCCCC(CC)COP(=O)(Cc1cc(C(C)(C)C)c(O)c(C(C)(C)C)c1)OCC(CC)CCCC. The maximum atomic E-state index is 14.3. The van der Waals surface area contributed by atoms with Crippen LogP contribution >= 0.6 is 7.60 Å². The van der Waals surface area contributed by atoms with Crippen molar-refractivity contribution in [1.29, 1.82) is 0 Å². The average Bonchev–Trinajstić information content (AvgIpc) is 2.79. The first kappa shape index (κ1) is 33.2. The zero-order valence-electron chi connectivity index (χ0n) is 25.2. The normalized spacial score (nSPS) is 16.1. The third-order valence-electron chi connectivity index (χ3n) is 7.26. The summed E-state index contributed by atoms with van der Waals surface area (Å²) in [7, 11) is -3.38. The van der Waals surface area contributed by atoms with E-state index in [2.05, 4.69) is 69.2 Å². The van der Waals surface area contributed by atoms with Crippen molar-refractivity contribution in [3.63, 3.8) is 0 Å². The van der Waals surface area contributed by atoms with Crippen LogP contribution in [-0.4, -0.2) is 18.3 Å². The molecule has 0 amide bonds. The van der Waals surface area contributed by atoms with Crippen molar-refractivity contribution in [2.24, 2.45) is 11.8 Å². The first-order chi connectivity index (χ1) is 16.7. The smallest absolute Gasteiger partial charge is 0.335 e. The Labute approximate surface area is 223 Å². The van der Waals surface area contributed by atoms with Crippen LogP contribution in [0.3, 0.4) is 0 Å². The molecule has 4 nitrogen and oxygen atoms in total. The van der Waals surface area contributed by atoms with Crippen LogP contribution in [0.15, 0.2) is 12.1 Å². The molecule has 0 fully saturated rings. The molecule has 0 aliphatic carbocycles. The third kappa shape index (κ3) is 10.9. The topological polar surface area (TPSA) is 55.8 Å². The third-order valence-corrected chi connectivity index (χ3v) is 9.10. The Morgan fingerprint density at radius 1 is 0.778 bits per heavy atom. The summed E-state index contributed by atoms with van der Waals surface area (Å²) in [4.78, 5) is 0. The molecule has 1 rings (SSSR count). The predicted octanol–water partition coefficient (Wildman–Crippen LogP) is 10.1. The van der Waals surface area contributed by atoms with E-state index in [9.17, 15) is 9.67 Å². The van der Waals surface area contributed by atoms with Gasteiger partial charge in [0.2, 0.25) is 0 Å². The van der Waals surface area contributed by atoms with Crippen molar-refractivity contribution < 1.29 is 18.7 Å². The van der Waals surface area contributed by atoms with Crippen LogP contribution in [0, 0.1) is 11.8 Å². The fourth-order valence-corrected chi connectivity index (χ4v) is 6.28. The number of unbranched alkanes of at least 4 members (excludes halogenated alkanes) is 2. The molecule has 210 valence electrons. The molecule has 0 spiro atoms. The zero-order valence-corrected chi connectivity index (χ0v) is 26.1. The first-order valence-corrected chi connectivity index (χ1v) is 16.2. The molecule has 0 radical (unpaired) electrons. The van der Waals surface area contributed by atoms with Crippen LogP contribution < -0.4 is 0 Å². The lowest BCUT2D eigenvalue weighted by Crippen LogP contribution is -2.18. The molecule has 0 bridgehead atoms. The number of rotatable bonds is 16. The van der Waals surface area contributed by atoms with E-state index in [-0.39, 0.29) is 17.0 Å². The van der Waals surface area contributed by atoms with E-state index in [1.54, 1.807) is 0 Å². The van der Waals surface area contributed by atoms with Crippen molar-refractivity contribution in [3.8, 4) is 5.75 Å². The number of hydrogen-bond acceptors (Lipinski definition) is 4. The van der Waals surface area contributed by atoms with Gasteiger partial charge in [0.25, 0.3) is 0 Å². The first-order valence-electron chi connectivity index (χ1n) is 14.5. The van der Waals surface area contributed by atoms with Crippen molar-refractivity contribution in [1.82, 2.24) is 0 Å². The zero-order chi connectivity index (χ0) is 27.6. The van der Waals surface area contributed by atoms with Gasteiger partial charge < -0.3 is 14.2 Å². The fourth-order valence-electron chi connectivity index (χ4n) is 4.52. The minimum absolute atomic E-state index is 0.230. The summed E-state index contributed by atoms with van der Waals surface area (Å²) in [5, 5.41) is 11.1. The molecule has 1 aromatic rings. The van der Waals surface area contributed by atoms with E-state index in [4.69, 9.17) is 9.05 Å². The lowest BCUT2D eigenvalue weighted by atomic mass is 9.78. The highest BCUT2D eigenvalue weighted by Gasteiger charge is 2.32. The van der Waals surface area contributed by atoms with E-state index < -0.39 is 7.60 Å². The molecule has 0 aromatic heterocycles. The fraction of sp³-hybridized carbons (Fsp3) is 0.806. The number of aromatic hydroxyl groups is 1. The average molecular weight is 525 g/mol. The summed E-state index contributed by atoms with van der Waals surface area (Å²) in [6.45, 7) is 22.3. The summed E-state index contributed by atoms with van der Waals surface area (Å²) in [6, 6.07) is 4.01. The van der Waals surface area contributed by atoms with Gasteiger partial charge in [-0.1, -0.05) is 120 Å². The quantitative estimate of drug-likeness (QED) is 0.219. The summed E-state index contributed by atoms with van der Waals surface area (Å²) < 4.78 is 26.7. The highest BCUT2D eigenvalue weighted by atomic mass is 31.2. The van der Waals surface area contributed by atoms with Gasteiger partial charge in [-0.3, -0.25) is 4.57 Å². The minimum Gasteiger partial charge on any atom is -0.507 e. The lowest BCUT2D eigenvalue weighted by Gasteiger charge is -2.29. The number of phenols is 1. The van der Waals surface area contributed by atoms with Crippen molar-refractivity contribution >= 4 is 7.60 Å². The molecule has 5 heteroatoms. The number of hydrogen-bond donors (Lipinski definition) is 1. The lowest BCUT2D eigenvalue weighted by molar-refractivity contribution is 0.150. The van der Waals surface area contributed by atoms with Gasteiger partial charge in [-0.05, 0) is 52.2 Å². The molecule has 0 aliphatic heterocycles. The second kappa shape index (κ2) is 14.9. The van der Waals surface area contributed by atoms with Gasteiger partial charge in [0, 0.05) is 0 Å². The maximum Gasteiger partial charge on any atom is 0.335 e. The van der Waals surface area contributed by atoms with Gasteiger partial charge in [0.1, 0.15) is 5.75 Å². The molecule has 2 atom stereocenters. The van der Waals surface area contributed by atoms with Crippen LogP contribution in [0.5, 0.6) is 5.75 Å². The van der Waals surface area contributed by atoms with Gasteiger partial charge in [-0.25, -0.2) is 0 Å². The molecular formula is C31H57O4P. The second-order valence-electron chi connectivity index (χ2n) is 12.7. The molecule has 1 N–H and O–H groups in total. The Balaban J connectivity index is 3.34. The highest BCUT2D eigenvalue weighted by molar-refractivity contribution is 7.53. The van der Waals surface area contributed by atoms with E-state index in [0.29, 0.717) is 30.8 Å². The summed E-state index contributed by atoms with van der Waals surface area (Å²) in [5.41, 5.74) is 2.18. The Kier molecular flexibility index (Phi) is 13.8.